The van der Waals surface area contributed by atoms with Crippen LogP contribution in [0.1, 0.15) is 32.2 Å². The summed E-state index contributed by atoms with van der Waals surface area (Å²) in [5, 5.41) is 6.70. The van der Waals surface area contributed by atoms with Crippen LogP contribution in [-0.2, 0) is 22.9 Å². The highest BCUT2D eigenvalue weighted by Crippen LogP contribution is 2.29. The van der Waals surface area contributed by atoms with Crippen molar-refractivity contribution in [1.29, 1.82) is 0 Å². The molecule has 0 saturated heterocycles. The minimum atomic E-state index is -4.71. The molecule has 0 aliphatic heterocycles. The van der Waals surface area contributed by atoms with Crippen LogP contribution in [0.4, 0.5) is 23.4 Å². The molecular formula is C21H18F4N6O2. The fraction of sp³-hybridized carbons (Fsp3) is 0.286. The second-order valence-electron chi connectivity index (χ2n) is 8.42. The number of fused-ring (bicyclic) bond motifs is 3. The van der Waals surface area contributed by atoms with E-state index in [1.54, 1.807) is 0 Å². The number of anilines is 1. The molecule has 4 aromatic rings. The number of hydrogen-bond acceptors (Lipinski definition) is 5. The first-order valence-corrected chi connectivity index (χ1v) is 9.77. The highest BCUT2D eigenvalue weighted by molar-refractivity contribution is 5.90. The number of nitrogens with one attached hydrogen (secondary N) is 1. The monoisotopic (exact) mass is 462 g/mol. The van der Waals surface area contributed by atoms with E-state index >= 15 is 0 Å². The minimum absolute atomic E-state index is 0.0756. The largest absolute Gasteiger partial charge is 0.433 e. The van der Waals surface area contributed by atoms with Gasteiger partial charge in [-0.2, -0.15) is 22.8 Å². The van der Waals surface area contributed by atoms with E-state index in [0.29, 0.717) is 11.8 Å². The number of pyridine rings is 2. The first-order valence-electron chi connectivity index (χ1n) is 9.77. The number of carbonyl (C=O) groups is 1. The number of alkyl halides is 3. The molecule has 0 bridgehead atoms. The van der Waals surface area contributed by atoms with Gasteiger partial charge in [0.1, 0.15) is 29.5 Å². The van der Waals surface area contributed by atoms with Crippen LogP contribution in [0.2, 0.25) is 0 Å². The molecule has 4 heterocycles. The van der Waals surface area contributed by atoms with Crippen LogP contribution in [0.25, 0.3) is 16.7 Å². The second kappa shape index (κ2) is 7.64. The SMILES string of the molecule is CC(C)(C)c1cc2n(CC(=O)Nc3ccc(F)cn3)c(=O)c3ccc(C(F)(F)F)nc3n2n1. The van der Waals surface area contributed by atoms with Gasteiger partial charge < -0.3 is 5.32 Å². The van der Waals surface area contributed by atoms with Crippen LogP contribution in [0.3, 0.4) is 0 Å². The molecule has 0 radical (unpaired) electrons. The fourth-order valence-corrected chi connectivity index (χ4v) is 3.20. The smallest absolute Gasteiger partial charge is 0.309 e. The zero-order valence-electron chi connectivity index (χ0n) is 17.7. The van der Waals surface area contributed by atoms with E-state index in [4.69, 9.17) is 0 Å². The maximum Gasteiger partial charge on any atom is 0.433 e. The van der Waals surface area contributed by atoms with Crippen molar-refractivity contribution in [2.75, 3.05) is 5.32 Å². The highest BCUT2D eigenvalue weighted by Gasteiger charge is 2.33. The summed E-state index contributed by atoms with van der Waals surface area (Å²) in [4.78, 5) is 33.1. The minimum Gasteiger partial charge on any atom is -0.309 e. The summed E-state index contributed by atoms with van der Waals surface area (Å²) in [6, 6.07) is 5.62. The summed E-state index contributed by atoms with van der Waals surface area (Å²) in [5.74, 6) is -1.15. The maximum atomic E-state index is 13.2. The highest BCUT2D eigenvalue weighted by atomic mass is 19.4. The number of carbonyl (C=O) groups excluding carboxylic acids is 1. The number of hydrogen-bond donors (Lipinski definition) is 1. The molecule has 0 unspecified atom stereocenters. The van der Waals surface area contributed by atoms with E-state index in [1.165, 1.54) is 12.1 Å². The Balaban J connectivity index is 1.88. The number of nitrogens with zero attached hydrogens (tertiary/aromatic N) is 5. The molecule has 33 heavy (non-hydrogen) atoms. The Hall–Kier alpha value is -3.83. The van der Waals surface area contributed by atoms with E-state index in [0.717, 1.165) is 27.4 Å². The van der Waals surface area contributed by atoms with Gasteiger partial charge in [0.2, 0.25) is 5.91 Å². The molecule has 1 amide bonds. The van der Waals surface area contributed by atoms with Gasteiger partial charge in [-0.15, -0.1) is 0 Å². The van der Waals surface area contributed by atoms with Gasteiger partial charge >= 0.3 is 6.18 Å². The molecule has 12 heteroatoms. The van der Waals surface area contributed by atoms with E-state index in [1.807, 2.05) is 20.8 Å². The molecule has 4 rings (SSSR count). The fourth-order valence-electron chi connectivity index (χ4n) is 3.20. The molecule has 4 aromatic heterocycles. The van der Waals surface area contributed by atoms with E-state index in [9.17, 15) is 27.2 Å². The Bertz CT molecular complexity index is 1430. The lowest BCUT2D eigenvalue weighted by atomic mass is 9.93. The second-order valence-corrected chi connectivity index (χ2v) is 8.42. The van der Waals surface area contributed by atoms with Gasteiger partial charge in [0.25, 0.3) is 5.56 Å². The average Bonchev–Trinajstić information content (AvgIpc) is 3.18. The number of amides is 1. The van der Waals surface area contributed by atoms with Crippen molar-refractivity contribution in [3.05, 3.63) is 64.1 Å². The molecule has 0 aliphatic rings. The molecule has 0 aromatic carbocycles. The molecule has 1 N–H and O–H groups in total. The lowest BCUT2D eigenvalue weighted by molar-refractivity contribution is -0.141. The van der Waals surface area contributed by atoms with Crippen molar-refractivity contribution in [3.8, 4) is 0 Å². The van der Waals surface area contributed by atoms with Crippen molar-refractivity contribution in [3.63, 3.8) is 0 Å². The van der Waals surface area contributed by atoms with Crippen molar-refractivity contribution in [2.24, 2.45) is 0 Å². The molecule has 0 atom stereocenters. The van der Waals surface area contributed by atoms with Crippen LogP contribution in [0, 0.1) is 5.82 Å². The molecule has 172 valence electrons. The van der Waals surface area contributed by atoms with E-state index in [2.05, 4.69) is 20.4 Å². The van der Waals surface area contributed by atoms with Crippen LogP contribution < -0.4 is 10.9 Å². The molecule has 0 saturated carbocycles. The lowest BCUT2D eigenvalue weighted by Gasteiger charge is -2.13. The van der Waals surface area contributed by atoms with Gasteiger partial charge in [0.15, 0.2) is 5.65 Å². The first kappa shape index (κ1) is 22.4. The summed E-state index contributed by atoms with van der Waals surface area (Å²) in [6.45, 7) is 5.07. The Morgan fingerprint density at radius 1 is 1.09 bits per heavy atom. The molecule has 8 nitrogen and oxygen atoms in total. The topological polar surface area (TPSA) is 94.2 Å². The third kappa shape index (κ3) is 4.28. The maximum absolute atomic E-state index is 13.2. The van der Waals surface area contributed by atoms with Crippen LogP contribution in [-0.4, -0.2) is 30.1 Å². The molecule has 0 spiro atoms. The predicted octanol–water partition coefficient (Wildman–Crippen LogP) is 3.53. The third-order valence-corrected chi connectivity index (χ3v) is 4.87. The Morgan fingerprint density at radius 3 is 2.42 bits per heavy atom. The Morgan fingerprint density at radius 2 is 1.82 bits per heavy atom. The normalized spacial score (nSPS) is 12.5. The van der Waals surface area contributed by atoms with Crippen molar-refractivity contribution in [2.45, 2.75) is 38.9 Å². The Labute approximate surface area is 183 Å². The number of rotatable bonds is 3. The lowest BCUT2D eigenvalue weighted by Crippen LogP contribution is -2.30. The average molecular weight is 462 g/mol. The van der Waals surface area contributed by atoms with Gasteiger partial charge in [-0.25, -0.2) is 14.4 Å². The van der Waals surface area contributed by atoms with Crippen molar-refractivity contribution >= 4 is 28.4 Å². The van der Waals surface area contributed by atoms with Gasteiger partial charge in [-0.3, -0.25) is 14.2 Å². The summed E-state index contributed by atoms with van der Waals surface area (Å²) in [7, 11) is 0. The number of halogens is 4. The van der Waals surface area contributed by atoms with Gasteiger partial charge in [0.05, 0.1) is 17.3 Å². The Kier molecular flexibility index (Phi) is 5.18. The van der Waals surface area contributed by atoms with Crippen molar-refractivity contribution in [1.82, 2.24) is 24.1 Å². The van der Waals surface area contributed by atoms with Crippen LogP contribution in [0.15, 0.2) is 41.3 Å². The summed E-state index contributed by atoms with van der Waals surface area (Å²) < 4.78 is 55.0. The summed E-state index contributed by atoms with van der Waals surface area (Å²) in [5.41, 5.74) is -2.05. The molecular weight excluding hydrogens is 444 g/mol. The van der Waals surface area contributed by atoms with Gasteiger partial charge in [-0.1, -0.05) is 20.8 Å². The summed E-state index contributed by atoms with van der Waals surface area (Å²) in [6.07, 6.45) is -3.79. The zero-order valence-corrected chi connectivity index (χ0v) is 17.7. The van der Waals surface area contributed by atoms with Crippen molar-refractivity contribution < 1.29 is 22.4 Å². The number of aromatic nitrogens is 5. The standard InChI is InChI=1S/C21H18F4N6O2/c1-20(2,3)14-8-17-30(10-16(32)28-15-7-4-11(22)9-26-15)19(33)12-5-6-13(21(23,24)25)27-18(12)31(17)29-14/h4-9H,10H2,1-3H3,(H,26,28,32). The summed E-state index contributed by atoms with van der Waals surface area (Å²) >= 11 is 0. The zero-order chi connectivity index (χ0) is 24.1. The quantitative estimate of drug-likeness (QED) is 0.470. The first-order chi connectivity index (χ1) is 15.3. The third-order valence-electron chi connectivity index (χ3n) is 4.87. The van der Waals surface area contributed by atoms with Gasteiger partial charge in [0, 0.05) is 11.5 Å². The van der Waals surface area contributed by atoms with Crippen LogP contribution in [0.5, 0.6) is 0 Å². The molecule has 0 aliphatic carbocycles. The van der Waals surface area contributed by atoms with Crippen LogP contribution >= 0.6 is 0 Å². The molecule has 0 fully saturated rings. The van der Waals surface area contributed by atoms with E-state index < -0.39 is 41.1 Å². The predicted molar refractivity (Wildman–Crippen MR) is 111 cm³/mol. The van der Waals surface area contributed by atoms with E-state index in [-0.39, 0.29) is 22.5 Å². The van der Waals surface area contributed by atoms with Gasteiger partial charge in [-0.05, 0) is 24.3 Å².